The van der Waals surface area contributed by atoms with Crippen LogP contribution in [0.2, 0.25) is 0 Å². The average Bonchev–Trinajstić information content (AvgIpc) is 2.68. The Morgan fingerprint density at radius 1 is 1.07 bits per heavy atom. The summed E-state index contributed by atoms with van der Waals surface area (Å²) in [6.45, 7) is 2.11. The molecule has 0 fully saturated rings. The number of benzene rings is 1. The third kappa shape index (κ3) is 6.41. The third-order valence-corrected chi connectivity index (χ3v) is 3.90. The number of nitrogens with one attached hydrogen (secondary N) is 2. The lowest BCUT2D eigenvalue weighted by Crippen LogP contribution is -2.26. The van der Waals surface area contributed by atoms with Crippen LogP contribution >= 0.6 is 0 Å². The average molecular weight is 373 g/mol. The SMILES string of the molecule is COc1ccc(CCNC(=O)c2cnc(NCCN(C)C)nc2)cc1OC. The van der Waals surface area contributed by atoms with E-state index in [9.17, 15) is 4.79 Å². The van der Waals surface area contributed by atoms with Crippen LogP contribution in [0.5, 0.6) is 11.5 Å². The number of likely N-dealkylation sites (N-methyl/N-ethyl adjacent to an activating group) is 1. The number of carbonyl (C=O) groups is 1. The van der Waals surface area contributed by atoms with Crippen LogP contribution in [-0.2, 0) is 6.42 Å². The fourth-order valence-corrected chi connectivity index (χ4v) is 2.39. The topological polar surface area (TPSA) is 88.6 Å². The highest BCUT2D eigenvalue weighted by Gasteiger charge is 2.08. The van der Waals surface area contributed by atoms with E-state index < -0.39 is 0 Å². The van der Waals surface area contributed by atoms with Crippen molar-refractivity contribution in [2.24, 2.45) is 0 Å². The van der Waals surface area contributed by atoms with Crippen molar-refractivity contribution < 1.29 is 14.3 Å². The first kappa shape index (κ1) is 20.4. The Kier molecular flexibility index (Phi) is 7.81. The van der Waals surface area contributed by atoms with Crippen molar-refractivity contribution in [3.8, 4) is 11.5 Å². The number of hydrogen-bond donors (Lipinski definition) is 2. The van der Waals surface area contributed by atoms with Crippen LogP contribution < -0.4 is 20.1 Å². The first-order valence-corrected chi connectivity index (χ1v) is 8.73. The van der Waals surface area contributed by atoms with Gasteiger partial charge in [-0.2, -0.15) is 0 Å². The zero-order chi connectivity index (χ0) is 19.6. The summed E-state index contributed by atoms with van der Waals surface area (Å²) in [7, 11) is 7.20. The second-order valence-electron chi connectivity index (χ2n) is 6.22. The number of aromatic nitrogens is 2. The van der Waals surface area contributed by atoms with Gasteiger partial charge in [-0.25, -0.2) is 9.97 Å². The number of methoxy groups -OCH3 is 2. The Labute approximate surface area is 159 Å². The van der Waals surface area contributed by atoms with E-state index in [2.05, 4.69) is 25.5 Å². The lowest BCUT2D eigenvalue weighted by molar-refractivity contribution is 0.0953. The number of hydrogen-bond acceptors (Lipinski definition) is 7. The molecule has 0 aliphatic heterocycles. The number of nitrogens with zero attached hydrogens (tertiary/aromatic N) is 3. The van der Waals surface area contributed by atoms with E-state index in [0.717, 1.165) is 18.7 Å². The molecule has 0 aliphatic rings. The minimum atomic E-state index is -0.199. The number of amides is 1. The molecule has 1 aromatic carbocycles. The number of rotatable bonds is 10. The Morgan fingerprint density at radius 2 is 1.78 bits per heavy atom. The molecule has 0 saturated heterocycles. The monoisotopic (exact) mass is 373 g/mol. The fourth-order valence-electron chi connectivity index (χ4n) is 2.39. The molecular formula is C19H27N5O3. The lowest BCUT2D eigenvalue weighted by atomic mass is 10.1. The largest absolute Gasteiger partial charge is 0.493 e. The zero-order valence-corrected chi connectivity index (χ0v) is 16.3. The zero-order valence-electron chi connectivity index (χ0n) is 16.3. The maximum Gasteiger partial charge on any atom is 0.254 e. The highest BCUT2D eigenvalue weighted by molar-refractivity contribution is 5.93. The van der Waals surface area contributed by atoms with Crippen molar-refractivity contribution in [2.75, 3.05) is 53.3 Å². The molecule has 0 atom stereocenters. The molecule has 0 radical (unpaired) electrons. The summed E-state index contributed by atoms with van der Waals surface area (Å²) in [6, 6.07) is 5.71. The van der Waals surface area contributed by atoms with Crippen molar-refractivity contribution >= 4 is 11.9 Å². The molecular weight excluding hydrogens is 346 g/mol. The highest BCUT2D eigenvalue weighted by Crippen LogP contribution is 2.27. The standard InChI is InChI=1S/C19H27N5O3/c1-24(2)10-9-21-19-22-12-15(13-23-19)18(25)20-8-7-14-5-6-16(26-3)17(11-14)27-4/h5-6,11-13H,7-10H2,1-4H3,(H,20,25)(H,21,22,23). The molecule has 0 aliphatic carbocycles. The quantitative estimate of drug-likeness (QED) is 0.651. The molecule has 1 amide bonds. The van der Waals surface area contributed by atoms with Crippen LogP contribution in [0.1, 0.15) is 15.9 Å². The fraction of sp³-hybridized carbons (Fsp3) is 0.421. The van der Waals surface area contributed by atoms with Gasteiger partial charge >= 0.3 is 0 Å². The minimum absolute atomic E-state index is 0.199. The van der Waals surface area contributed by atoms with Crippen molar-refractivity contribution in [2.45, 2.75) is 6.42 Å². The molecule has 0 unspecified atom stereocenters. The van der Waals surface area contributed by atoms with Crippen LogP contribution in [0, 0.1) is 0 Å². The Balaban J connectivity index is 1.81. The van der Waals surface area contributed by atoms with Crippen molar-refractivity contribution in [1.29, 1.82) is 0 Å². The molecule has 0 bridgehead atoms. The normalized spacial score (nSPS) is 10.6. The van der Waals surface area contributed by atoms with Crippen molar-refractivity contribution in [1.82, 2.24) is 20.2 Å². The van der Waals surface area contributed by atoms with Crippen LogP contribution in [-0.4, -0.2) is 68.7 Å². The second-order valence-corrected chi connectivity index (χ2v) is 6.22. The Morgan fingerprint density at radius 3 is 2.41 bits per heavy atom. The molecule has 27 heavy (non-hydrogen) atoms. The predicted molar refractivity (Wildman–Crippen MR) is 105 cm³/mol. The first-order chi connectivity index (χ1) is 13.0. The van der Waals surface area contributed by atoms with Gasteiger partial charge in [0.25, 0.3) is 5.91 Å². The smallest absolute Gasteiger partial charge is 0.254 e. The van der Waals surface area contributed by atoms with Gasteiger partial charge in [-0.15, -0.1) is 0 Å². The maximum absolute atomic E-state index is 12.2. The van der Waals surface area contributed by atoms with E-state index in [1.54, 1.807) is 14.2 Å². The summed E-state index contributed by atoms with van der Waals surface area (Å²) in [5.74, 6) is 1.67. The van der Waals surface area contributed by atoms with Crippen molar-refractivity contribution in [3.05, 3.63) is 41.7 Å². The van der Waals surface area contributed by atoms with Gasteiger partial charge in [-0.3, -0.25) is 4.79 Å². The van der Waals surface area contributed by atoms with Crippen LogP contribution in [0.25, 0.3) is 0 Å². The van der Waals surface area contributed by atoms with Gasteiger partial charge in [0, 0.05) is 32.0 Å². The Bertz CT molecular complexity index is 735. The molecule has 8 nitrogen and oxygen atoms in total. The summed E-state index contributed by atoms with van der Waals surface area (Å²) >= 11 is 0. The molecule has 2 N–H and O–H groups in total. The first-order valence-electron chi connectivity index (χ1n) is 8.73. The van der Waals surface area contributed by atoms with Gasteiger partial charge in [-0.1, -0.05) is 6.07 Å². The van der Waals surface area contributed by atoms with Crippen LogP contribution in [0.15, 0.2) is 30.6 Å². The van der Waals surface area contributed by atoms with E-state index in [-0.39, 0.29) is 5.91 Å². The van der Waals surface area contributed by atoms with Gasteiger partial charge < -0.3 is 25.0 Å². The molecule has 0 spiro atoms. The maximum atomic E-state index is 12.2. The molecule has 1 heterocycles. The molecule has 146 valence electrons. The van der Waals surface area contributed by atoms with Gasteiger partial charge in [0.05, 0.1) is 19.8 Å². The number of ether oxygens (including phenoxy) is 2. The second kappa shape index (κ2) is 10.3. The van der Waals surface area contributed by atoms with Crippen molar-refractivity contribution in [3.63, 3.8) is 0 Å². The summed E-state index contributed by atoms with van der Waals surface area (Å²) in [5.41, 5.74) is 1.48. The van der Waals surface area contributed by atoms with Crippen LogP contribution in [0.3, 0.4) is 0 Å². The lowest BCUT2D eigenvalue weighted by Gasteiger charge is -2.11. The number of anilines is 1. The van der Waals surface area contributed by atoms with Gasteiger partial charge in [-0.05, 0) is 38.2 Å². The van der Waals surface area contributed by atoms with E-state index >= 15 is 0 Å². The summed E-state index contributed by atoms with van der Waals surface area (Å²) in [5, 5.41) is 5.98. The molecule has 0 saturated carbocycles. The van der Waals surface area contributed by atoms with E-state index in [1.807, 2.05) is 32.3 Å². The molecule has 2 aromatic rings. The van der Waals surface area contributed by atoms with E-state index in [0.29, 0.717) is 36.0 Å². The summed E-state index contributed by atoms with van der Waals surface area (Å²) < 4.78 is 10.5. The van der Waals surface area contributed by atoms with Gasteiger partial charge in [0.2, 0.25) is 5.95 Å². The third-order valence-electron chi connectivity index (χ3n) is 3.90. The highest BCUT2D eigenvalue weighted by atomic mass is 16.5. The predicted octanol–water partition coefficient (Wildman–Crippen LogP) is 1.44. The van der Waals surface area contributed by atoms with E-state index in [1.165, 1.54) is 12.4 Å². The van der Waals surface area contributed by atoms with Gasteiger partial charge in [0.1, 0.15) is 0 Å². The Hall–Kier alpha value is -2.87. The number of carbonyl (C=O) groups excluding carboxylic acids is 1. The van der Waals surface area contributed by atoms with E-state index in [4.69, 9.17) is 9.47 Å². The van der Waals surface area contributed by atoms with Gasteiger partial charge in [0.15, 0.2) is 11.5 Å². The molecule has 2 rings (SSSR count). The molecule has 1 aromatic heterocycles. The van der Waals surface area contributed by atoms with Crippen LogP contribution in [0.4, 0.5) is 5.95 Å². The summed E-state index contributed by atoms with van der Waals surface area (Å²) in [4.78, 5) is 22.6. The summed E-state index contributed by atoms with van der Waals surface area (Å²) in [6.07, 6.45) is 3.73. The molecule has 8 heteroatoms. The minimum Gasteiger partial charge on any atom is -0.493 e.